The summed E-state index contributed by atoms with van der Waals surface area (Å²) in [7, 11) is 0. The Kier molecular flexibility index (Phi) is 5.61. The maximum atomic E-state index is 13.0. The van der Waals surface area contributed by atoms with E-state index in [9.17, 15) is 9.18 Å². The molecular weight excluding hydrogens is 307 g/mol. The van der Waals surface area contributed by atoms with Crippen LogP contribution in [-0.4, -0.2) is 23.8 Å². The van der Waals surface area contributed by atoms with Gasteiger partial charge in [0.25, 0.3) is 0 Å². The molecule has 1 unspecified atom stereocenters. The van der Waals surface area contributed by atoms with Gasteiger partial charge < -0.3 is 4.74 Å². The van der Waals surface area contributed by atoms with Gasteiger partial charge in [-0.25, -0.2) is 9.37 Å². The molecule has 0 bridgehead atoms. The van der Waals surface area contributed by atoms with Crippen LogP contribution in [0.4, 0.5) is 10.1 Å². The number of hydrogen-bond acceptors (Lipinski definition) is 4. The van der Waals surface area contributed by atoms with Crippen molar-refractivity contribution in [3.63, 3.8) is 0 Å². The van der Waals surface area contributed by atoms with Gasteiger partial charge in [-0.2, -0.15) is 0 Å². The molecule has 0 fully saturated rings. The monoisotopic (exact) mass is 320 g/mol. The third-order valence-corrected chi connectivity index (χ3v) is 3.06. The molecule has 1 atom stereocenters. The Bertz CT molecular complexity index is 674. The first kappa shape index (κ1) is 16.1. The highest BCUT2D eigenvalue weighted by atomic mass is 35.5. The van der Waals surface area contributed by atoms with Gasteiger partial charge in [0.15, 0.2) is 0 Å². The van der Waals surface area contributed by atoms with E-state index in [2.05, 4.69) is 9.98 Å². The van der Waals surface area contributed by atoms with E-state index in [4.69, 9.17) is 16.3 Å². The topological polar surface area (TPSA) is 51.5 Å². The summed E-state index contributed by atoms with van der Waals surface area (Å²) in [5.41, 5.74) is 1.17. The second-order valence-corrected chi connectivity index (χ2v) is 4.78. The average Bonchev–Trinajstić information content (AvgIpc) is 2.49. The van der Waals surface area contributed by atoms with E-state index >= 15 is 0 Å². The molecule has 4 nitrogen and oxygen atoms in total. The first-order valence-electron chi connectivity index (χ1n) is 6.68. The molecular formula is C16H14ClFN2O2. The molecule has 1 aromatic carbocycles. The summed E-state index contributed by atoms with van der Waals surface area (Å²) in [5, 5.41) is 0.309. The molecule has 0 saturated carbocycles. The van der Waals surface area contributed by atoms with Crippen molar-refractivity contribution in [3.8, 4) is 0 Å². The molecule has 0 aliphatic carbocycles. The zero-order valence-corrected chi connectivity index (χ0v) is 12.6. The van der Waals surface area contributed by atoms with Crippen LogP contribution >= 0.6 is 11.6 Å². The smallest absolute Gasteiger partial charge is 0.318 e. The lowest BCUT2D eigenvalue weighted by molar-refractivity contribution is -0.143. The molecule has 0 amide bonds. The van der Waals surface area contributed by atoms with Crippen molar-refractivity contribution >= 4 is 29.5 Å². The third kappa shape index (κ3) is 4.36. The highest BCUT2D eigenvalue weighted by molar-refractivity contribution is 6.29. The van der Waals surface area contributed by atoms with Gasteiger partial charge in [-0.15, -0.1) is 0 Å². The van der Waals surface area contributed by atoms with Gasteiger partial charge in [-0.1, -0.05) is 23.7 Å². The van der Waals surface area contributed by atoms with Crippen LogP contribution in [0.1, 0.15) is 18.4 Å². The van der Waals surface area contributed by atoms with E-state index in [0.717, 1.165) is 0 Å². The average molecular weight is 321 g/mol. The van der Waals surface area contributed by atoms with Crippen LogP contribution in [0.25, 0.3) is 0 Å². The molecule has 0 aliphatic rings. The summed E-state index contributed by atoms with van der Waals surface area (Å²) < 4.78 is 18.1. The van der Waals surface area contributed by atoms with Crippen LogP contribution in [0, 0.1) is 5.82 Å². The van der Waals surface area contributed by atoms with Crippen molar-refractivity contribution < 1.29 is 13.9 Å². The number of carbonyl (C=O) groups excluding carboxylic acids is 1. The Morgan fingerprint density at radius 2 is 2.14 bits per heavy atom. The molecule has 6 heteroatoms. The molecule has 22 heavy (non-hydrogen) atoms. The highest BCUT2D eigenvalue weighted by Gasteiger charge is 2.20. The summed E-state index contributed by atoms with van der Waals surface area (Å²) in [6, 6.07) is 8.88. The number of aliphatic imine (C=N–C) groups is 1. The summed E-state index contributed by atoms with van der Waals surface area (Å²) in [4.78, 5) is 20.2. The van der Waals surface area contributed by atoms with Crippen LogP contribution in [-0.2, 0) is 9.53 Å². The fraction of sp³-hybridized carbons (Fsp3) is 0.188. The zero-order valence-electron chi connectivity index (χ0n) is 11.9. The normalized spacial score (nSPS) is 12.3. The predicted octanol–water partition coefficient (Wildman–Crippen LogP) is 3.92. The predicted molar refractivity (Wildman–Crippen MR) is 83.2 cm³/mol. The number of esters is 1. The van der Waals surface area contributed by atoms with Crippen LogP contribution in [0.3, 0.4) is 0 Å². The standard InChI is InChI=1S/C16H14ClFN2O2/c1-2-22-16(21)14(11-3-5-12(18)6-4-11)10-20-13-7-8-19-15(17)9-13/h3-10,14H,2H2,1H3. The number of carbonyl (C=O) groups is 1. The second kappa shape index (κ2) is 7.66. The number of benzene rings is 1. The van der Waals surface area contributed by atoms with Crippen molar-refractivity contribution in [2.75, 3.05) is 6.61 Å². The van der Waals surface area contributed by atoms with Crippen molar-refractivity contribution in [3.05, 3.63) is 59.1 Å². The quantitative estimate of drug-likeness (QED) is 0.476. The van der Waals surface area contributed by atoms with Gasteiger partial charge >= 0.3 is 5.97 Å². The molecule has 0 radical (unpaired) electrons. The van der Waals surface area contributed by atoms with Crippen LogP contribution in [0.5, 0.6) is 0 Å². The highest BCUT2D eigenvalue weighted by Crippen LogP contribution is 2.20. The van der Waals surface area contributed by atoms with Gasteiger partial charge in [0.05, 0.1) is 12.3 Å². The van der Waals surface area contributed by atoms with Crippen molar-refractivity contribution in [2.45, 2.75) is 12.8 Å². The van der Waals surface area contributed by atoms with E-state index < -0.39 is 11.9 Å². The number of hydrogen-bond donors (Lipinski definition) is 0. The van der Waals surface area contributed by atoms with Gasteiger partial charge in [0, 0.05) is 18.5 Å². The second-order valence-electron chi connectivity index (χ2n) is 4.40. The zero-order chi connectivity index (χ0) is 15.9. The Morgan fingerprint density at radius 3 is 2.77 bits per heavy atom. The van der Waals surface area contributed by atoms with Gasteiger partial charge in [-0.3, -0.25) is 9.79 Å². The lowest BCUT2D eigenvalue weighted by Gasteiger charge is -2.11. The molecule has 114 valence electrons. The first-order chi connectivity index (χ1) is 10.6. The molecule has 1 heterocycles. The summed E-state index contributed by atoms with van der Waals surface area (Å²) >= 11 is 5.79. The van der Waals surface area contributed by atoms with Gasteiger partial charge in [0.1, 0.15) is 16.9 Å². The Labute approximate surface area is 132 Å². The van der Waals surface area contributed by atoms with Crippen molar-refractivity contribution in [2.24, 2.45) is 4.99 Å². The van der Waals surface area contributed by atoms with E-state index in [1.54, 1.807) is 19.1 Å². The number of rotatable bonds is 5. The summed E-state index contributed by atoms with van der Waals surface area (Å²) in [5.74, 6) is -1.53. The molecule has 0 aliphatic heterocycles. The molecule has 1 aromatic heterocycles. The van der Waals surface area contributed by atoms with Crippen LogP contribution in [0.2, 0.25) is 5.15 Å². The lowest BCUT2D eigenvalue weighted by Crippen LogP contribution is -2.17. The molecule has 2 rings (SSSR count). The van der Waals surface area contributed by atoms with Crippen LogP contribution < -0.4 is 0 Å². The molecule has 2 aromatic rings. The third-order valence-electron chi connectivity index (χ3n) is 2.85. The summed E-state index contributed by atoms with van der Waals surface area (Å²) in [6.45, 7) is 1.98. The number of aromatic nitrogens is 1. The summed E-state index contributed by atoms with van der Waals surface area (Å²) in [6.07, 6.45) is 2.98. The van der Waals surface area contributed by atoms with Crippen molar-refractivity contribution in [1.29, 1.82) is 0 Å². The minimum atomic E-state index is -0.715. The fourth-order valence-electron chi connectivity index (χ4n) is 1.82. The fourth-order valence-corrected chi connectivity index (χ4v) is 1.99. The van der Waals surface area contributed by atoms with E-state index in [0.29, 0.717) is 16.4 Å². The minimum Gasteiger partial charge on any atom is -0.465 e. The van der Waals surface area contributed by atoms with Gasteiger partial charge in [0.2, 0.25) is 0 Å². The molecule has 0 saturated heterocycles. The van der Waals surface area contributed by atoms with Gasteiger partial charge in [-0.05, 0) is 30.7 Å². The number of ether oxygens (including phenoxy) is 1. The lowest BCUT2D eigenvalue weighted by atomic mass is 10.0. The number of halogens is 2. The van der Waals surface area contributed by atoms with Crippen LogP contribution in [0.15, 0.2) is 47.6 Å². The number of pyridine rings is 1. The molecule has 0 spiro atoms. The van der Waals surface area contributed by atoms with E-state index in [-0.39, 0.29) is 12.4 Å². The Morgan fingerprint density at radius 1 is 1.41 bits per heavy atom. The number of nitrogens with zero attached hydrogens (tertiary/aromatic N) is 2. The first-order valence-corrected chi connectivity index (χ1v) is 7.05. The van der Waals surface area contributed by atoms with E-state index in [1.165, 1.54) is 36.7 Å². The maximum absolute atomic E-state index is 13.0. The maximum Gasteiger partial charge on any atom is 0.318 e. The SMILES string of the molecule is CCOC(=O)C(C=Nc1ccnc(Cl)c1)c1ccc(F)cc1. The molecule has 0 N–H and O–H groups in total. The largest absolute Gasteiger partial charge is 0.465 e. The Hall–Kier alpha value is -2.27. The van der Waals surface area contributed by atoms with E-state index in [1.807, 2.05) is 0 Å². The minimum absolute atomic E-state index is 0.255. The van der Waals surface area contributed by atoms with Crippen molar-refractivity contribution in [1.82, 2.24) is 4.98 Å². The Balaban J connectivity index is 2.28.